The molecule has 6 heteroatoms. The van der Waals surface area contributed by atoms with E-state index < -0.39 is 0 Å². The van der Waals surface area contributed by atoms with E-state index in [0.717, 1.165) is 0 Å². The average molecular weight is 249 g/mol. The summed E-state index contributed by atoms with van der Waals surface area (Å²) in [7, 11) is 1.60. The molecule has 0 bridgehead atoms. The lowest BCUT2D eigenvalue weighted by Crippen LogP contribution is -2.35. The third-order valence-corrected chi connectivity index (χ3v) is 2.67. The van der Waals surface area contributed by atoms with Crippen LogP contribution in [0.5, 0.6) is 5.75 Å². The van der Waals surface area contributed by atoms with Gasteiger partial charge in [0.05, 0.1) is 6.54 Å². The molecule has 1 aromatic carbocycles. The van der Waals surface area contributed by atoms with Crippen LogP contribution in [0.4, 0.5) is 10.5 Å². The molecule has 6 nitrogen and oxygen atoms in total. The summed E-state index contributed by atoms with van der Waals surface area (Å²) >= 11 is 0. The van der Waals surface area contributed by atoms with Crippen molar-refractivity contribution in [3.8, 4) is 5.75 Å². The minimum atomic E-state index is -0.281. The summed E-state index contributed by atoms with van der Waals surface area (Å²) in [5.74, 6) is 0.432. The van der Waals surface area contributed by atoms with Gasteiger partial charge in [-0.1, -0.05) is 6.07 Å². The highest BCUT2D eigenvalue weighted by molar-refractivity contribution is 6.01. The first kappa shape index (κ1) is 12.2. The molecule has 3 amide bonds. The molecule has 0 radical (unpaired) electrons. The number of hydrogen-bond donors (Lipinski definition) is 1. The summed E-state index contributed by atoms with van der Waals surface area (Å²) in [4.78, 5) is 25.6. The van der Waals surface area contributed by atoms with Crippen LogP contribution in [-0.2, 0) is 4.79 Å². The second kappa shape index (κ2) is 4.95. The molecule has 0 unspecified atom stereocenters. The van der Waals surface area contributed by atoms with Crippen molar-refractivity contribution in [1.29, 1.82) is 0 Å². The Bertz CT molecular complexity index is 475. The fourth-order valence-electron chi connectivity index (χ4n) is 1.75. The standard InChI is InChI=1S/C12H15N3O3/c1-14-8-11(16)15(12(14)17)5-6-18-10-4-2-3-9(13)7-10/h2-4,7H,5-6,8,13H2,1H3. The van der Waals surface area contributed by atoms with Crippen molar-refractivity contribution in [3.63, 3.8) is 0 Å². The Balaban J connectivity index is 1.86. The number of urea groups is 1. The van der Waals surface area contributed by atoms with E-state index in [1.165, 1.54) is 9.80 Å². The quantitative estimate of drug-likeness (QED) is 0.624. The Morgan fingerprint density at radius 2 is 2.17 bits per heavy atom. The second-order valence-corrected chi connectivity index (χ2v) is 4.10. The van der Waals surface area contributed by atoms with Gasteiger partial charge in [-0.25, -0.2) is 4.79 Å². The van der Waals surface area contributed by atoms with Crippen molar-refractivity contribution in [1.82, 2.24) is 9.80 Å². The molecule has 0 aliphatic carbocycles. The molecule has 0 aromatic heterocycles. The van der Waals surface area contributed by atoms with Gasteiger partial charge in [-0.15, -0.1) is 0 Å². The van der Waals surface area contributed by atoms with E-state index in [0.29, 0.717) is 11.4 Å². The van der Waals surface area contributed by atoms with Crippen molar-refractivity contribution in [2.24, 2.45) is 0 Å². The maximum atomic E-state index is 11.6. The van der Waals surface area contributed by atoms with E-state index in [9.17, 15) is 9.59 Å². The first-order chi connectivity index (χ1) is 8.58. The van der Waals surface area contributed by atoms with Gasteiger partial charge in [-0.05, 0) is 12.1 Å². The van der Waals surface area contributed by atoms with Crippen LogP contribution in [-0.4, -0.2) is 48.5 Å². The lowest BCUT2D eigenvalue weighted by atomic mass is 10.3. The number of amides is 3. The van der Waals surface area contributed by atoms with Crippen LogP contribution in [0.3, 0.4) is 0 Å². The Kier molecular flexibility index (Phi) is 3.36. The number of carbonyl (C=O) groups is 2. The molecular formula is C12H15N3O3. The molecule has 2 rings (SSSR count). The molecule has 1 heterocycles. The van der Waals surface area contributed by atoms with E-state index in [-0.39, 0.29) is 31.6 Å². The Morgan fingerprint density at radius 3 is 2.78 bits per heavy atom. The molecule has 18 heavy (non-hydrogen) atoms. The predicted molar refractivity (Wildman–Crippen MR) is 66.1 cm³/mol. The zero-order valence-corrected chi connectivity index (χ0v) is 10.1. The van der Waals surface area contributed by atoms with Gasteiger partial charge in [-0.3, -0.25) is 9.69 Å². The molecule has 1 aliphatic rings. The summed E-state index contributed by atoms with van der Waals surface area (Å²) in [5, 5.41) is 0. The Hall–Kier alpha value is -2.24. The summed E-state index contributed by atoms with van der Waals surface area (Å²) < 4.78 is 5.44. The molecule has 1 aliphatic heterocycles. The lowest BCUT2D eigenvalue weighted by Gasteiger charge is -2.14. The van der Waals surface area contributed by atoms with Crippen LogP contribution in [0.15, 0.2) is 24.3 Å². The molecule has 1 aromatic rings. The highest BCUT2D eigenvalue weighted by Gasteiger charge is 2.32. The summed E-state index contributed by atoms with van der Waals surface area (Å²) in [5.41, 5.74) is 6.22. The van der Waals surface area contributed by atoms with Crippen molar-refractivity contribution >= 4 is 17.6 Å². The van der Waals surface area contributed by atoms with Crippen LogP contribution in [0, 0.1) is 0 Å². The van der Waals surface area contributed by atoms with Gasteiger partial charge >= 0.3 is 6.03 Å². The number of ether oxygens (including phenoxy) is 1. The number of carbonyl (C=O) groups excluding carboxylic acids is 2. The number of benzene rings is 1. The second-order valence-electron chi connectivity index (χ2n) is 4.10. The highest BCUT2D eigenvalue weighted by atomic mass is 16.5. The van der Waals surface area contributed by atoms with Crippen molar-refractivity contribution in [2.75, 3.05) is 32.5 Å². The smallest absolute Gasteiger partial charge is 0.327 e. The zero-order valence-electron chi connectivity index (χ0n) is 10.1. The summed E-state index contributed by atoms with van der Waals surface area (Å²) in [6, 6.07) is 6.73. The normalized spacial score (nSPS) is 15.4. The van der Waals surface area contributed by atoms with Gasteiger partial charge in [0.1, 0.15) is 18.9 Å². The van der Waals surface area contributed by atoms with Gasteiger partial charge in [0.15, 0.2) is 0 Å². The predicted octanol–water partition coefficient (Wildman–Crippen LogP) is 0.542. The number of anilines is 1. The fourth-order valence-corrected chi connectivity index (χ4v) is 1.75. The van der Waals surface area contributed by atoms with Crippen LogP contribution < -0.4 is 10.5 Å². The van der Waals surface area contributed by atoms with Crippen LogP contribution in [0.2, 0.25) is 0 Å². The SMILES string of the molecule is CN1CC(=O)N(CCOc2cccc(N)c2)C1=O. The highest BCUT2D eigenvalue weighted by Crippen LogP contribution is 2.14. The summed E-state index contributed by atoms with van der Waals surface area (Å²) in [6.07, 6.45) is 0. The maximum absolute atomic E-state index is 11.6. The lowest BCUT2D eigenvalue weighted by molar-refractivity contribution is -0.125. The number of nitrogens with two attached hydrogens (primary N) is 1. The topological polar surface area (TPSA) is 75.9 Å². The summed E-state index contributed by atoms with van der Waals surface area (Å²) in [6.45, 7) is 0.642. The van der Waals surface area contributed by atoms with E-state index >= 15 is 0 Å². The van der Waals surface area contributed by atoms with E-state index in [4.69, 9.17) is 10.5 Å². The number of nitrogen functional groups attached to an aromatic ring is 1. The van der Waals surface area contributed by atoms with Crippen LogP contribution in [0.1, 0.15) is 0 Å². The van der Waals surface area contributed by atoms with Gasteiger partial charge in [0.25, 0.3) is 0 Å². The Labute approximate surface area is 105 Å². The minimum Gasteiger partial charge on any atom is -0.492 e. The van der Waals surface area contributed by atoms with Crippen molar-refractivity contribution < 1.29 is 14.3 Å². The van der Waals surface area contributed by atoms with E-state index in [1.807, 2.05) is 0 Å². The largest absolute Gasteiger partial charge is 0.492 e. The Morgan fingerprint density at radius 1 is 1.39 bits per heavy atom. The molecule has 96 valence electrons. The number of hydrogen-bond acceptors (Lipinski definition) is 4. The molecule has 0 atom stereocenters. The third-order valence-electron chi connectivity index (χ3n) is 2.67. The first-order valence-electron chi connectivity index (χ1n) is 5.62. The van der Waals surface area contributed by atoms with Crippen LogP contribution >= 0.6 is 0 Å². The molecular weight excluding hydrogens is 234 g/mol. The van der Waals surface area contributed by atoms with Gasteiger partial charge < -0.3 is 15.4 Å². The average Bonchev–Trinajstić information content (AvgIpc) is 2.56. The molecule has 1 fully saturated rings. The monoisotopic (exact) mass is 249 g/mol. The number of likely N-dealkylation sites (N-methyl/N-ethyl adjacent to an activating group) is 1. The molecule has 2 N–H and O–H groups in total. The zero-order chi connectivity index (χ0) is 13.1. The number of rotatable bonds is 4. The van der Waals surface area contributed by atoms with E-state index in [1.54, 1.807) is 31.3 Å². The molecule has 0 spiro atoms. The fraction of sp³-hybridized carbons (Fsp3) is 0.333. The number of imide groups is 1. The van der Waals surface area contributed by atoms with E-state index in [2.05, 4.69) is 0 Å². The van der Waals surface area contributed by atoms with Crippen LogP contribution in [0.25, 0.3) is 0 Å². The first-order valence-corrected chi connectivity index (χ1v) is 5.62. The minimum absolute atomic E-state index is 0.136. The van der Waals surface area contributed by atoms with Crippen molar-refractivity contribution in [2.45, 2.75) is 0 Å². The van der Waals surface area contributed by atoms with Gasteiger partial charge in [0.2, 0.25) is 5.91 Å². The molecule has 1 saturated heterocycles. The maximum Gasteiger partial charge on any atom is 0.327 e. The van der Waals surface area contributed by atoms with Gasteiger partial charge in [0, 0.05) is 18.8 Å². The number of nitrogens with zero attached hydrogens (tertiary/aromatic N) is 2. The third kappa shape index (κ3) is 2.53. The van der Waals surface area contributed by atoms with Crippen molar-refractivity contribution in [3.05, 3.63) is 24.3 Å². The molecule has 0 saturated carbocycles. The van der Waals surface area contributed by atoms with Gasteiger partial charge in [-0.2, -0.15) is 0 Å².